The molecule has 60 valence electrons. The van der Waals surface area contributed by atoms with E-state index in [4.69, 9.17) is 0 Å². The number of carbonyl (C=O) groups excluding carboxylic acids is 1. The third-order valence-electron chi connectivity index (χ3n) is 1.22. The molecule has 0 fully saturated rings. The molecule has 0 spiro atoms. The van der Waals surface area contributed by atoms with Crippen molar-refractivity contribution in [1.29, 1.82) is 0 Å². The molecule has 1 nitrogen and oxygen atoms in total. The molecule has 0 aliphatic rings. The van der Waals surface area contributed by atoms with Gasteiger partial charge in [-0.1, -0.05) is 13.8 Å². The first-order chi connectivity index (χ1) is 4.77. The average molecular weight is 160 g/mol. The van der Waals surface area contributed by atoms with Gasteiger partial charge < -0.3 is 4.79 Å². The third-order valence-corrected chi connectivity index (χ3v) is 2.27. The van der Waals surface area contributed by atoms with Gasteiger partial charge in [-0.2, -0.15) is 11.8 Å². The summed E-state index contributed by atoms with van der Waals surface area (Å²) in [7, 11) is 0. The molecule has 0 aliphatic heterocycles. The van der Waals surface area contributed by atoms with Crippen molar-refractivity contribution >= 4 is 18.0 Å². The molecule has 0 saturated heterocycles. The van der Waals surface area contributed by atoms with Crippen molar-refractivity contribution < 1.29 is 4.79 Å². The Hall–Kier alpha value is 0.0200. The van der Waals surface area contributed by atoms with Gasteiger partial charge in [0.25, 0.3) is 0 Å². The highest BCUT2D eigenvalue weighted by Gasteiger charge is 1.92. The maximum absolute atomic E-state index is 9.89. The van der Waals surface area contributed by atoms with Gasteiger partial charge in [-0.3, -0.25) is 0 Å². The number of carbonyl (C=O) groups is 1. The van der Waals surface area contributed by atoms with Crippen LogP contribution in [0.4, 0.5) is 0 Å². The zero-order chi connectivity index (χ0) is 7.82. The Bertz CT molecular complexity index is 81.3. The highest BCUT2D eigenvalue weighted by atomic mass is 32.2. The van der Waals surface area contributed by atoms with E-state index in [-0.39, 0.29) is 0 Å². The SMILES string of the molecule is CC(C)CCSCCC=O. The van der Waals surface area contributed by atoms with E-state index >= 15 is 0 Å². The van der Waals surface area contributed by atoms with Crippen LogP contribution in [-0.4, -0.2) is 17.8 Å². The van der Waals surface area contributed by atoms with Crippen LogP contribution in [-0.2, 0) is 4.79 Å². The van der Waals surface area contributed by atoms with Crippen molar-refractivity contribution in [3.8, 4) is 0 Å². The highest BCUT2D eigenvalue weighted by molar-refractivity contribution is 7.99. The van der Waals surface area contributed by atoms with Gasteiger partial charge >= 0.3 is 0 Å². The third kappa shape index (κ3) is 8.02. The molecule has 0 N–H and O–H groups in total. The van der Waals surface area contributed by atoms with E-state index in [0.29, 0.717) is 6.42 Å². The molecule has 0 saturated carbocycles. The predicted octanol–water partition coefficient (Wildman–Crippen LogP) is 2.35. The second-order valence-electron chi connectivity index (χ2n) is 2.75. The van der Waals surface area contributed by atoms with Crippen molar-refractivity contribution in [3.63, 3.8) is 0 Å². The molecule has 0 aromatic carbocycles. The summed E-state index contributed by atoms with van der Waals surface area (Å²) >= 11 is 1.87. The minimum atomic E-state index is 0.711. The Labute approximate surface area is 67.6 Å². The van der Waals surface area contributed by atoms with E-state index in [1.165, 1.54) is 12.2 Å². The molecule has 0 bridgehead atoms. The van der Waals surface area contributed by atoms with Gasteiger partial charge in [0.1, 0.15) is 6.29 Å². The van der Waals surface area contributed by atoms with Gasteiger partial charge in [0.05, 0.1) is 0 Å². The number of aldehydes is 1. The van der Waals surface area contributed by atoms with E-state index in [1.807, 2.05) is 11.8 Å². The average Bonchev–Trinajstić information content (AvgIpc) is 1.87. The Morgan fingerprint density at radius 3 is 2.60 bits per heavy atom. The lowest BCUT2D eigenvalue weighted by atomic mass is 10.2. The van der Waals surface area contributed by atoms with E-state index < -0.39 is 0 Å². The molecule has 10 heavy (non-hydrogen) atoms. The lowest BCUT2D eigenvalue weighted by Crippen LogP contribution is -1.90. The molecule has 0 atom stereocenters. The Kier molecular flexibility index (Phi) is 7.15. The zero-order valence-electron chi connectivity index (χ0n) is 6.80. The number of rotatable bonds is 6. The Morgan fingerprint density at radius 2 is 2.10 bits per heavy atom. The van der Waals surface area contributed by atoms with Crippen molar-refractivity contribution in [2.45, 2.75) is 26.7 Å². The van der Waals surface area contributed by atoms with Crippen LogP contribution in [0.3, 0.4) is 0 Å². The van der Waals surface area contributed by atoms with Gasteiger partial charge in [0.2, 0.25) is 0 Å². The standard InChI is InChI=1S/C8H16OS/c1-8(2)4-7-10-6-3-5-9/h5,8H,3-4,6-7H2,1-2H3. The fraction of sp³-hybridized carbons (Fsp3) is 0.875. The summed E-state index contributed by atoms with van der Waals surface area (Å²) in [6.45, 7) is 4.45. The van der Waals surface area contributed by atoms with Crippen LogP contribution in [0.1, 0.15) is 26.7 Å². The summed E-state index contributed by atoms with van der Waals surface area (Å²) in [6, 6.07) is 0. The summed E-state index contributed by atoms with van der Waals surface area (Å²) in [4.78, 5) is 9.89. The number of hydrogen-bond acceptors (Lipinski definition) is 2. The first kappa shape index (κ1) is 10.0. The van der Waals surface area contributed by atoms with Crippen molar-refractivity contribution in [1.82, 2.24) is 0 Å². The minimum Gasteiger partial charge on any atom is -0.303 e. The lowest BCUT2D eigenvalue weighted by molar-refractivity contribution is -0.107. The molecular formula is C8H16OS. The summed E-state index contributed by atoms with van der Waals surface area (Å²) in [5.41, 5.74) is 0. The van der Waals surface area contributed by atoms with Gasteiger partial charge in [-0.25, -0.2) is 0 Å². The summed E-state index contributed by atoms with van der Waals surface area (Å²) < 4.78 is 0. The maximum Gasteiger partial charge on any atom is 0.120 e. The smallest absolute Gasteiger partial charge is 0.120 e. The van der Waals surface area contributed by atoms with Crippen LogP contribution in [0, 0.1) is 5.92 Å². The summed E-state index contributed by atoms with van der Waals surface area (Å²) in [6.07, 6.45) is 2.97. The predicted molar refractivity (Wildman–Crippen MR) is 47.5 cm³/mol. The monoisotopic (exact) mass is 160 g/mol. The van der Waals surface area contributed by atoms with Gasteiger partial charge in [-0.15, -0.1) is 0 Å². The van der Waals surface area contributed by atoms with E-state index in [9.17, 15) is 4.79 Å². The molecule has 0 aromatic heterocycles. The molecule has 0 aromatic rings. The minimum absolute atomic E-state index is 0.711. The van der Waals surface area contributed by atoms with Crippen molar-refractivity contribution in [3.05, 3.63) is 0 Å². The molecule has 0 rings (SSSR count). The largest absolute Gasteiger partial charge is 0.303 e. The van der Waals surface area contributed by atoms with E-state index in [1.54, 1.807) is 0 Å². The molecule has 0 aliphatic carbocycles. The second-order valence-corrected chi connectivity index (χ2v) is 3.97. The van der Waals surface area contributed by atoms with Crippen LogP contribution >= 0.6 is 11.8 Å². The fourth-order valence-electron chi connectivity index (χ4n) is 0.553. The Balaban J connectivity index is 2.83. The molecule has 0 heterocycles. The van der Waals surface area contributed by atoms with Crippen molar-refractivity contribution in [2.75, 3.05) is 11.5 Å². The van der Waals surface area contributed by atoms with Gasteiger partial charge in [0.15, 0.2) is 0 Å². The quantitative estimate of drug-likeness (QED) is 0.438. The Morgan fingerprint density at radius 1 is 1.40 bits per heavy atom. The highest BCUT2D eigenvalue weighted by Crippen LogP contribution is 2.08. The number of thioether (sulfide) groups is 1. The summed E-state index contributed by atoms with van der Waals surface area (Å²) in [5, 5.41) is 0. The topological polar surface area (TPSA) is 17.1 Å². The van der Waals surface area contributed by atoms with E-state index in [0.717, 1.165) is 18.0 Å². The second kappa shape index (κ2) is 7.13. The van der Waals surface area contributed by atoms with Crippen molar-refractivity contribution in [2.24, 2.45) is 5.92 Å². The van der Waals surface area contributed by atoms with Gasteiger partial charge in [0, 0.05) is 6.42 Å². The van der Waals surface area contributed by atoms with E-state index in [2.05, 4.69) is 13.8 Å². The van der Waals surface area contributed by atoms with Crippen LogP contribution in [0.15, 0.2) is 0 Å². The maximum atomic E-state index is 9.89. The van der Waals surface area contributed by atoms with Crippen LogP contribution in [0.25, 0.3) is 0 Å². The van der Waals surface area contributed by atoms with Crippen LogP contribution in [0.2, 0.25) is 0 Å². The zero-order valence-corrected chi connectivity index (χ0v) is 7.62. The number of hydrogen-bond donors (Lipinski definition) is 0. The molecular weight excluding hydrogens is 144 g/mol. The first-order valence-corrected chi connectivity index (χ1v) is 4.94. The molecule has 0 amide bonds. The molecule has 0 radical (unpaired) electrons. The van der Waals surface area contributed by atoms with Crippen LogP contribution < -0.4 is 0 Å². The molecule has 2 heteroatoms. The normalized spacial score (nSPS) is 10.3. The van der Waals surface area contributed by atoms with Gasteiger partial charge in [-0.05, 0) is 23.8 Å². The van der Waals surface area contributed by atoms with Crippen LogP contribution in [0.5, 0.6) is 0 Å². The molecule has 0 unspecified atom stereocenters. The summed E-state index contributed by atoms with van der Waals surface area (Å²) in [5.74, 6) is 2.99. The lowest BCUT2D eigenvalue weighted by Gasteiger charge is -2.01. The first-order valence-electron chi connectivity index (χ1n) is 3.78. The fourth-order valence-corrected chi connectivity index (χ4v) is 1.66.